The largest absolute Gasteiger partial charge is 0.331 e. The highest BCUT2D eigenvalue weighted by Crippen LogP contribution is 2.24. The molecule has 0 saturated heterocycles. The third-order valence-corrected chi connectivity index (χ3v) is 8.47. The summed E-state index contributed by atoms with van der Waals surface area (Å²) >= 11 is 0. The molecule has 0 unspecified atom stereocenters. The first-order chi connectivity index (χ1) is 16.6. The highest BCUT2D eigenvalue weighted by atomic mass is 32.2. The lowest BCUT2D eigenvalue weighted by Crippen LogP contribution is -2.31. The van der Waals surface area contributed by atoms with Crippen LogP contribution in [0.15, 0.2) is 65.6 Å². The van der Waals surface area contributed by atoms with Crippen LogP contribution in [0, 0.1) is 13.8 Å². The first-order valence-electron chi connectivity index (χ1n) is 11.9. The molecule has 7 heteroatoms. The highest BCUT2D eigenvalue weighted by Gasteiger charge is 2.19. The quantitative estimate of drug-likeness (QED) is 0.500. The molecule has 6 nitrogen and oxygen atoms in total. The zero-order valence-electron chi connectivity index (χ0n) is 20.8. The Balaban J connectivity index is 1.39. The van der Waals surface area contributed by atoms with Gasteiger partial charge in [0.2, 0.25) is 0 Å². The maximum atomic E-state index is 13.0. The number of hydrogen-bond donors (Lipinski definition) is 2. The standard InChI is InChI=1S/C28H33N3O3S/c1-19-6-5-7-27(20(19)2)21(3)29-28(32)30-25-10-12-26(13-11-25)35(33,34)18-22-8-9-24-17-31(4)15-14-23(24)16-22/h5-13,16,21H,14-15,17-18H2,1-4H3,(H2,29,30,32)/t21-/m0/s1. The average molecular weight is 492 g/mol. The van der Waals surface area contributed by atoms with Crippen LogP contribution in [0.5, 0.6) is 0 Å². The predicted octanol–water partition coefficient (Wildman–Crippen LogP) is 5.15. The van der Waals surface area contributed by atoms with Crippen molar-refractivity contribution in [1.29, 1.82) is 0 Å². The van der Waals surface area contributed by atoms with Crippen LogP contribution < -0.4 is 10.6 Å². The van der Waals surface area contributed by atoms with Gasteiger partial charge in [0.05, 0.1) is 16.7 Å². The van der Waals surface area contributed by atoms with Crippen molar-refractivity contribution in [1.82, 2.24) is 10.2 Å². The summed E-state index contributed by atoms with van der Waals surface area (Å²) in [6.45, 7) is 7.91. The molecule has 0 saturated carbocycles. The second kappa shape index (κ2) is 10.2. The van der Waals surface area contributed by atoms with Crippen LogP contribution in [0.2, 0.25) is 0 Å². The van der Waals surface area contributed by atoms with E-state index >= 15 is 0 Å². The van der Waals surface area contributed by atoms with Crippen LogP contribution in [0.25, 0.3) is 0 Å². The van der Waals surface area contributed by atoms with Crippen LogP contribution in [0.4, 0.5) is 10.5 Å². The summed E-state index contributed by atoms with van der Waals surface area (Å²) in [7, 11) is -1.41. The number of carbonyl (C=O) groups excluding carboxylic acids is 1. The average Bonchev–Trinajstić information content (AvgIpc) is 2.81. The number of nitrogens with one attached hydrogen (secondary N) is 2. The van der Waals surface area contributed by atoms with Crippen LogP contribution in [-0.4, -0.2) is 32.9 Å². The van der Waals surface area contributed by atoms with Crippen molar-refractivity contribution in [2.45, 2.75) is 50.4 Å². The number of carbonyl (C=O) groups is 1. The number of nitrogens with zero attached hydrogens (tertiary/aromatic N) is 1. The molecule has 0 aliphatic carbocycles. The number of benzene rings is 3. The molecule has 35 heavy (non-hydrogen) atoms. The Labute approximate surface area is 208 Å². The normalized spacial score (nSPS) is 14.7. The minimum atomic E-state index is -3.50. The second-order valence-corrected chi connectivity index (χ2v) is 11.5. The number of urea groups is 1. The molecule has 2 amide bonds. The van der Waals surface area contributed by atoms with E-state index in [1.54, 1.807) is 24.3 Å². The van der Waals surface area contributed by atoms with Crippen molar-refractivity contribution in [2.75, 3.05) is 18.9 Å². The molecule has 0 spiro atoms. The minimum Gasteiger partial charge on any atom is -0.331 e. The van der Waals surface area contributed by atoms with E-state index in [4.69, 9.17) is 0 Å². The Morgan fingerprint density at radius 2 is 1.77 bits per heavy atom. The van der Waals surface area contributed by atoms with E-state index in [0.717, 1.165) is 36.2 Å². The van der Waals surface area contributed by atoms with Gasteiger partial charge in [0.25, 0.3) is 0 Å². The van der Waals surface area contributed by atoms with Gasteiger partial charge in [-0.3, -0.25) is 0 Å². The molecule has 1 aliphatic rings. The second-order valence-electron chi connectivity index (χ2n) is 9.48. The topological polar surface area (TPSA) is 78.5 Å². The lowest BCUT2D eigenvalue weighted by Gasteiger charge is -2.25. The summed E-state index contributed by atoms with van der Waals surface area (Å²) in [5.74, 6) is -0.0449. The molecule has 1 heterocycles. The fourth-order valence-corrected chi connectivity index (χ4v) is 5.91. The lowest BCUT2D eigenvalue weighted by atomic mass is 9.98. The molecule has 184 valence electrons. The molecule has 0 aromatic heterocycles. The number of fused-ring (bicyclic) bond motifs is 1. The van der Waals surface area contributed by atoms with E-state index in [9.17, 15) is 13.2 Å². The molecule has 1 aliphatic heterocycles. The minimum absolute atomic E-state index is 0.0449. The molecule has 2 N–H and O–H groups in total. The van der Waals surface area contributed by atoms with Gasteiger partial charge in [0.1, 0.15) is 0 Å². The van der Waals surface area contributed by atoms with Gasteiger partial charge in [-0.15, -0.1) is 0 Å². The number of likely N-dealkylation sites (N-methyl/N-ethyl adjacent to an activating group) is 1. The van der Waals surface area contributed by atoms with Gasteiger partial charge in [0.15, 0.2) is 9.84 Å². The Bertz CT molecular complexity index is 1330. The number of aryl methyl sites for hydroxylation is 1. The van der Waals surface area contributed by atoms with Crippen molar-refractivity contribution < 1.29 is 13.2 Å². The number of rotatable bonds is 6. The summed E-state index contributed by atoms with van der Waals surface area (Å²) in [4.78, 5) is 15.0. The van der Waals surface area contributed by atoms with Gasteiger partial charge in [-0.2, -0.15) is 0 Å². The van der Waals surface area contributed by atoms with E-state index in [0.29, 0.717) is 5.69 Å². The molecule has 4 rings (SSSR count). The first-order valence-corrected chi connectivity index (χ1v) is 13.5. The Kier molecular flexibility index (Phi) is 7.28. The van der Waals surface area contributed by atoms with E-state index in [1.165, 1.54) is 16.7 Å². The van der Waals surface area contributed by atoms with Gasteiger partial charge in [0, 0.05) is 18.8 Å². The number of anilines is 1. The summed E-state index contributed by atoms with van der Waals surface area (Å²) < 4.78 is 26.0. The maximum Gasteiger partial charge on any atom is 0.319 e. The van der Waals surface area contributed by atoms with Gasteiger partial charge < -0.3 is 15.5 Å². The fraction of sp³-hybridized carbons (Fsp3) is 0.321. The smallest absolute Gasteiger partial charge is 0.319 e. The van der Waals surface area contributed by atoms with Crippen LogP contribution in [-0.2, 0) is 28.6 Å². The van der Waals surface area contributed by atoms with Crippen molar-refractivity contribution in [3.63, 3.8) is 0 Å². The maximum absolute atomic E-state index is 13.0. The van der Waals surface area contributed by atoms with Crippen molar-refractivity contribution in [3.05, 3.63) is 94.0 Å². The lowest BCUT2D eigenvalue weighted by molar-refractivity contribution is 0.249. The number of hydrogen-bond acceptors (Lipinski definition) is 4. The third-order valence-electron chi connectivity index (χ3n) is 6.76. The first kappa shape index (κ1) is 24.9. The summed E-state index contributed by atoms with van der Waals surface area (Å²) in [6, 6.07) is 17.9. The van der Waals surface area contributed by atoms with E-state index in [1.807, 2.05) is 57.2 Å². The molecule has 3 aromatic carbocycles. The molecule has 1 atom stereocenters. The van der Waals surface area contributed by atoms with Crippen molar-refractivity contribution in [2.24, 2.45) is 0 Å². The third kappa shape index (κ3) is 5.92. The van der Waals surface area contributed by atoms with Crippen LogP contribution >= 0.6 is 0 Å². The summed E-state index contributed by atoms with van der Waals surface area (Å²) in [5.41, 5.74) is 7.23. The van der Waals surface area contributed by atoms with Gasteiger partial charge in [-0.25, -0.2) is 13.2 Å². The monoisotopic (exact) mass is 491 g/mol. The van der Waals surface area contributed by atoms with E-state index in [-0.39, 0.29) is 22.7 Å². The van der Waals surface area contributed by atoms with Gasteiger partial charge in [-0.05, 0) is 91.9 Å². The predicted molar refractivity (Wildman–Crippen MR) is 140 cm³/mol. The molecular weight excluding hydrogens is 458 g/mol. The highest BCUT2D eigenvalue weighted by molar-refractivity contribution is 7.90. The fourth-order valence-electron chi connectivity index (χ4n) is 4.57. The summed E-state index contributed by atoms with van der Waals surface area (Å²) in [5, 5.41) is 5.74. The Hall–Kier alpha value is -3.16. The van der Waals surface area contributed by atoms with Gasteiger partial charge >= 0.3 is 6.03 Å². The van der Waals surface area contributed by atoms with Crippen molar-refractivity contribution >= 4 is 21.6 Å². The zero-order chi connectivity index (χ0) is 25.2. The van der Waals surface area contributed by atoms with Crippen LogP contribution in [0.1, 0.15) is 46.3 Å². The van der Waals surface area contributed by atoms with E-state index < -0.39 is 9.84 Å². The molecule has 3 aromatic rings. The van der Waals surface area contributed by atoms with Crippen molar-refractivity contribution in [3.8, 4) is 0 Å². The Morgan fingerprint density at radius 1 is 1.03 bits per heavy atom. The Morgan fingerprint density at radius 3 is 2.51 bits per heavy atom. The molecular formula is C28H33N3O3S. The zero-order valence-corrected chi connectivity index (χ0v) is 21.6. The van der Waals surface area contributed by atoms with Crippen LogP contribution in [0.3, 0.4) is 0 Å². The SMILES string of the molecule is Cc1cccc([C@H](C)NC(=O)Nc2ccc(S(=O)(=O)Cc3ccc4c(c3)CCN(C)C4)cc2)c1C. The number of amides is 2. The van der Waals surface area contributed by atoms with Gasteiger partial charge in [-0.1, -0.05) is 36.4 Å². The molecule has 0 fully saturated rings. The summed E-state index contributed by atoms with van der Waals surface area (Å²) in [6.07, 6.45) is 0.935. The number of sulfone groups is 1. The molecule has 0 bridgehead atoms. The molecule has 0 radical (unpaired) electrons. The van der Waals surface area contributed by atoms with E-state index in [2.05, 4.69) is 22.6 Å².